The summed E-state index contributed by atoms with van der Waals surface area (Å²) in [7, 11) is 0. The highest BCUT2D eigenvalue weighted by molar-refractivity contribution is 5.58. The second-order valence-electron chi connectivity index (χ2n) is 5.81. The third kappa shape index (κ3) is 2.30. The predicted octanol–water partition coefficient (Wildman–Crippen LogP) is 4.23. The zero-order valence-electron chi connectivity index (χ0n) is 12.1. The highest BCUT2D eigenvalue weighted by atomic mass is 16.3. The van der Waals surface area contributed by atoms with E-state index in [1.54, 1.807) is 0 Å². The van der Waals surface area contributed by atoms with Crippen molar-refractivity contribution in [1.82, 2.24) is 0 Å². The molecule has 2 aromatic rings. The maximum absolute atomic E-state index is 10.9. The van der Waals surface area contributed by atoms with Crippen LogP contribution in [-0.2, 0) is 12.0 Å². The molecule has 1 N–H and O–H groups in total. The first-order valence-electron chi connectivity index (χ1n) is 7.16. The molecule has 0 amide bonds. The number of aryl methyl sites for hydroxylation is 2. The summed E-state index contributed by atoms with van der Waals surface area (Å²) in [4.78, 5) is 0. The van der Waals surface area contributed by atoms with Crippen LogP contribution in [0.1, 0.15) is 35.6 Å². The fourth-order valence-electron chi connectivity index (χ4n) is 2.98. The Labute approximate surface area is 120 Å². The summed E-state index contributed by atoms with van der Waals surface area (Å²) in [5.74, 6) is 0. The molecule has 1 heteroatoms. The van der Waals surface area contributed by atoms with Crippen LogP contribution in [0.15, 0.2) is 54.1 Å². The lowest BCUT2D eigenvalue weighted by molar-refractivity contribution is 0.0892. The lowest BCUT2D eigenvalue weighted by Crippen LogP contribution is -2.29. The van der Waals surface area contributed by atoms with E-state index in [1.165, 1.54) is 11.1 Å². The normalized spacial score (nSPS) is 23.6. The first kappa shape index (κ1) is 13.1. The summed E-state index contributed by atoms with van der Waals surface area (Å²) in [6, 6.07) is 16.6. The van der Waals surface area contributed by atoms with Gasteiger partial charge in [-0.2, -0.15) is 0 Å². The zero-order valence-corrected chi connectivity index (χ0v) is 12.1. The van der Waals surface area contributed by atoms with Gasteiger partial charge in [-0.05, 0) is 49.0 Å². The molecule has 1 unspecified atom stereocenters. The molecule has 0 aromatic heterocycles. The molecular weight excluding hydrogens is 244 g/mol. The van der Waals surface area contributed by atoms with Crippen molar-refractivity contribution in [2.75, 3.05) is 0 Å². The Balaban J connectivity index is 2.02. The van der Waals surface area contributed by atoms with E-state index in [4.69, 9.17) is 0 Å². The third-order valence-corrected chi connectivity index (χ3v) is 4.25. The molecule has 2 aromatic carbocycles. The minimum atomic E-state index is -0.861. The van der Waals surface area contributed by atoms with Crippen LogP contribution < -0.4 is 0 Å². The van der Waals surface area contributed by atoms with Crippen LogP contribution in [0.3, 0.4) is 0 Å². The van der Waals surface area contributed by atoms with Crippen molar-refractivity contribution in [1.29, 1.82) is 0 Å². The van der Waals surface area contributed by atoms with Gasteiger partial charge in [0.1, 0.15) is 5.60 Å². The summed E-state index contributed by atoms with van der Waals surface area (Å²) in [5.41, 5.74) is 4.96. The monoisotopic (exact) mass is 264 g/mol. The van der Waals surface area contributed by atoms with Crippen molar-refractivity contribution in [2.45, 2.75) is 32.3 Å². The minimum Gasteiger partial charge on any atom is -0.381 e. The second-order valence-corrected chi connectivity index (χ2v) is 5.81. The van der Waals surface area contributed by atoms with E-state index in [0.717, 1.165) is 29.5 Å². The van der Waals surface area contributed by atoms with Crippen molar-refractivity contribution in [3.05, 3.63) is 76.4 Å². The van der Waals surface area contributed by atoms with Crippen LogP contribution in [0.2, 0.25) is 0 Å². The average Bonchev–Trinajstić information content (AvgIpc) is 2.44. The molecule has 1 nitrogen and oxygen atoms in total. The van der Waals surface area contributed by atoms with Crippen LogP contribution in [0.5, 0.6) is 0 Å². The van der Waals surface area contributed by atoms with Crippen LogP contribution in [0.25, 0.3) is 6.08 Å². The van der Waals surface area contributed by atoms with Crippen molar-refractivity contribution in [3.63, 3.8) is 0 Å². The van der Waals surface area contributed by atoms with E-state index in [2.05, 4.69) is 43.3 Å². The van der Waals surface area contributed by atoms with Crippen LogP contribution in [0.4, 0.5) is 0 Å². The summed E-state index contributed by atoms with van der Waals surface area (Å²) in [5, 5.41) is 10.9. The van der Waals surface area contributed by atoms with Gasteiger partial charge in [0.2, 0.25) is 0 Å². The molecule has 0 heterocycles. The van der Waals surface area contributed by atoms with E-state index in [9.17, 15) is 5.11 Å². The van der Waals surface area contributed by atoms with Gasteiger partial charge in [0.15, 0.2) is 0 Å². The van der Waals surface area contributed by atoms with Crippen LogP contribution in [-0.4, -0.2) is 5.11 Å². The van der Waals surface area contributed by atoms with Crippen LogP contribution >= 0.6 is 0 Å². The van der Waals surface area contributed by atoms with E-state index in [0.29, 0.717) is 0 Å². The maximum atomic E-state index is 10.9. The SMILES string of the molecule is Cc1ccc(/C=C2\CCc3ccccc3C2(C)O)cc1. The summed E-state index contributed by atoms with van der Waals surface area (Å²) in [6.45, 7) is 3.99. The highest BCUT2D eigenvalue weighted by Crippen LogP contribution is 2.39. The fraction of sp³-hybridized carbons (Fsp3) is 0.263. The molecule has 1 aliphatic rings. The number of hydrogen-bond donors (Lipinski definition) is 1. The van der Waals surface area contributed by atoms with Gasteiger partial charge in [-0.1, -0.05) is 60.2 Å². The quantitative estimate of drug-likeness (QED) is 0.817. The summed E-state index contributed by atoms with van der Waals surface area (Å²) in [6.07, 6.45) is 4.05. The zero-order chi connectivity index (χ0) is 14.2. The molecule has 3 rings (SSSR count). The molecule has 0 fully saturated rings. The van der Waals surface area contributed by atoms with Gasteiger partial charge in [0.25, 0.3) is 0 Å². The van der Waals surface area contributed by atoms with Gasteiger partial charge in [0.05, 0.1) is 0 Å². The molecule has 1 atom stereocenters. The topological polar surface area (TPSA) is 20.2 Å². The number of aliphatic hydroxyl groups is 1. The summed E-state index contributed by atoms with van der Waals surface area (Å²) >= 11 is 0. The second kappa shape index (κ2) is 4.92. The van der Waals surface area contributed by atoms with Crippen molar-refractivity contribution < 1.29 is 5.11 Å². The van der Waals surface area contributed by atoms with E-state index >= 15 is 0 Å². The Hall–Kier alpha value is -1.86. The van der Waals surface area contributed by atoms with E-state index < -0.39 is 5.60 Å². The molecule has 1 aliphatic carbocycles. The predicted molar refractivity (Wildman–Crippen MR) is 83.5 cm³/mol. The standard InChI is InChI=1S/C19H20O/c1-14-7-9-15(10-8-14)13-17-12-11-16-5-3-4-6-18(16)19(17,2)20/h3-10,13,20H,11-12H2,1-2H3/b17-13+. The van der Waals surface area contributed by atoms with Gasteiger partial charge >= 0.3 is 0 Å². The lowest BCUT2D eigenvalue weighted by atomic mass is 9.76. The van der Waals surface area contributed by atoms with Crippen molar-refractivity contribution in [2.24, 2.45) is 0 Å². The molecule has 20 heavy (non-hydrogen) atoms. The summed E-state index contributed by atoms with van der Waals surface area (Å²) < 4.78 is 0. The minimum absolute atomic E-state index is 0.861. The molecule has 0 radical (unpaired) electrons. The van der Waals surface area contributed by atoms with Crippen molar-refractivity contribution in [3.8, 4) is 0 Å². The number of benzene rings is 2. The number of rotatable bonds is 1. The Kier molecular flexibility index (Phi) is 3.23. The van der Waals surface area contributed by atoms with E-state index in [1.807, 2.05) is 25.1 Å². The molecule has 0 saturated heterocycles. The Bertz CT molecular complexity index is 648. The number of hydrogen-bond acceptors (Lipinski definition) is 1. The van der Waals surface area contributed by atoms with E-state index in [-0.39, 0.29) is 0 Å². The molecule has 0 saturated carbocycles. The highest BCUT2D eigenvalue weighted by Gasteiger charge is 2.33. The molecule has 102 valence electrons. The van der Waals surface area contributed by atoms with Crippen molar-refractivity contribution >= 4 is 6.08 Å². The molecular formula is C19H20O. The molecule has 0 aliphatic heterocycles. The van der Waals surface area contributed by atoms with Gasteiger partial charge in [-0.25, -0.2) is 0 Å². The fourth-order valence-corrected chi connectivity index (χ4v) is 2.98. The molecule has 0 spiro atoms. The van der Waals surface area contributed by atoms with Gasteiger partial charge in [-0.3, -0.25) is 0 Å². The molecule has 0 bridgehead atoms. The smallest absolute Gasteiger partial charge is 0.108 e. The Morgan fingerprint density at radius 3 is 2.45 bits per heavy atom. The average molecular weight is 264 g/mol. The Morgan fingerprint density at radius 2 is 1.70 bits per heavy atom. The first-order chi connectivity index (χ1) is 9.57. The third-order valence-electron chi connectivity index (χ3n) is 4.25. The Morgan fingerprint density at radius 1 is 1.00 bits per heavy atom. The maximum Gasteiger partial charge on any atom is 0.108 e. The van der Waals surface area contributed by atoms with Crippen LogP contribution in [0, 0.1) is 6.92 Å². The number of fused-ring (bicyclic) bond motifs is 1. The van der Waals surface area contributed by atoms with Gasteiger partial charge in [0, 0.05) is 0 Å². The largest absolute Gasteiger partial charge is 0.381 e. The van der Waals surface area contributed by atoms with Gasteiger partial charge in [-0.15, -0.1) is 0 Å². The lowest BCUT2D eigenvalue weighted by Gasteiger charge is -2.34. The van der Waals surface area contributed by atoms with Gasteiger partial charge < -0.3 is 5.11 Å². The first-order valence-corrected chi connectivity index (χ1v) is 7.16.